The molecule has 2 amide bonds. The van der Waals surface area contributed by atoms with Crippen molar-refractivity contribution in [2.75, 3.05) is 7.05 Å². The van der Waals surface area contributed by atoms with Gasteiger partial charge in [-0.3, -0.25) is 9.59 Å². The van der Waals surface area contributed by atoms with E-state index in [1.54, 1.807) is 18.2 Å². The second-order valence-corrected chi connectivity index (χ2v) is 7.20. The van der Waals surface area contributed by atoms with E-state index < -0.39 is 0 Å². The van der Waals surface area contributed by atoms with Crippen molar-refractivity contribution in [3.05, 3.63) is 46.0 Å². The molecule has 1 fully saturated rings. The molecule has 1 aliphatic rings. The lowest BCUT2D eigenvalue weighted by Gasteiger charge is -2.41. The van der Waals surface area contributed by atoms with Crippen molar-refractivity contribution < 1.29 is 9.59 Å². The highest BCUT2D eigenvalue weighted by Crippen LogP contribution is 2.26. The molecule has 0 atom stereocenters. The Morgan fingerprint density at radius 1 is 1.40 bits per heavy atom. The standard InChI is InChI=1S/C20H23BrN2O2/c1-4-6-7-8-19(24)23(3)18-12-17(13-18)22-20(25)15-9-14(5-2)10-16(21)11-15/h2,4,6,9-11,17-18H,7-8,12-13H2,1,3H3,(H,22,25)/b6-4+. The van der Waals surface area contributed by atoms with Crippen molar-refractivity contribution in [2.24, 2.45) is 0 Å². The number of carbonyl (C=O) groups is 2. The number of allylic oxidation sites excluding steroid dienone is 2. The Morgan fingerprint density at radius 3 is 2.76 bits per heavy atom. The first kappa shape index (κ1) is 19.3. The maximum atomic E-state index is 12.4. The number of terminal acetylenes is 1. The van der Waals surface area contributed by atoms with Crippen molar-refractivity contribution in [2.45, 2.75) is 44.7 Å². The topological polar surface area (TPSA) is 49.4 Å². The minimum Gasteiger partial charge on any atom is -0.349 e. The van der Waals surface area contributed by atoms with Crippen molar-refractivity contribution in [3.8, 4) is 12.3 Å². The minimum atomic E-state index is -0.136. The molecule has 2 rings (SSSR count). The summed E-state index contributed by atoms with van der Waals surface area (Å²) in [6.07, 6.45) is 12.2. The molecule has 0 unspecified atom stereocenters. The van der Waals surface area contributed by atoms with Crippen molar-refractivity contribution >= 4 is 27.7 Å². The third kappa shape index (κ3) is 5.20. The average molecular weight is 403 g/mol. The quantitative estimate of drug-likeness (QED) is 0.584. The van der Waals surface area contributed by atoms with Crippen molar-refractivity contribution in [3.63, 3.8) is 0 Å². The molecule has 1 aliphatic carbocycles. The molecule has 132 valence electrons. The van der Waals surface area contributed by atoms with Crippen LogP contribution in [0.3, 0.4) is 0 Å². The van der Waals surface area contributed by atoms with E-state index in [4.69, 9.17) is 6.42 Å². The van der Waals surface area contributed by atoms with E-state index in [0.717, 1.165) is 23.7 Å². The van der Waals surface area contributed by atoms with Crippen LogP contribution in [0.15, 0.2) is 34.8 Å². The number of nitrogens with one attached hydrogen (secondary N) is 1. The van der Waals surface area contributed by atoms with Gasteiger partial charge in [0, 0.05) is 41.2 Å². The van der Waals surface area contributed by atoms with E-state index in [9.17, 15) is 9.59 Å². The Morgan fingerprint density at radius 2 is 2.12 bits per heavy atom. The summed E-state index contributed by atoms with van der Waals surface area (Å²) in [6, 6.07) is 5.55. The first-order valence-electron chi connectivity index (χ1n) is 8.39. The van der Waals surface area contributed by atoms with Crippen molar-refractivity contribution in [1.29, 1.82) is 0 Å². The van der Waals surface area contributed by atoms with Gasteiger partial charge in [0.1, 0.15) is 0 Å². The fourth-order valence-corrected chi connectivity index (χ4v) is 3.34. The summed E-state index contributed by atoms with van der Waals surface area (Å²) in [4.78, 5) is 26.3. The molecule has 5 heteroatoms. The van der Waals surface area contributed by atoms with Crippen LogP contribution in [-0.2, 0) is 4.79 Å². The number of amides is 2. The van der Waals surface area contributed by atoms with Crippen LogP contribution < -0.4 is 5.32 Å². The zero-order valence-corrected chi connectivity index (χ0v) is 16.2. The third-order valence-electron chi connectivity index (χ3n) is 4.48. The first-order chi connectivity index (χ1) is 11.9. The van der Waals surface area contributed by atoms with E-state index in [1.807, 2.05) is 31.0 Å². The Kier molecular flexibility index (Phi) is 6.83. The smallest absolute Gasteiger partial charge is 0.251 e. The molecule has 25 heavy (non-hydrogen) atoms. The molecule has 1 saturated carbocycles. The van der Waals surface area contributed by atoms with E-state index in [-0.39, 0.29) is 23.9 Å². The second kappa shape index (κ2) is 8.87. The van der Waals surface area contributed by atoms with Gasteiger partial charge >= 0.3 is 0 Å². The first-order valence-corrected chi connectivity index (χ1v) is 9.18. The molecule has 0 saturated heterocycles. The third-order valence-corrected chi connectivity index (χ3v) is 4.93. The van der Waals surface area contributed by atoms with Gasteiger partial charge in [0.05, 0.1) is 0 Å². The Hall–Kier alpha value is -2.06. The summed E-state index contributed by atoms with van der Waals surface area (Å²) in [5.41, 5.74) is 1.21. The van der Waals surface area contributed by atoms with Crippen LogP contribution in [0, 0.1) is 12.3 Å². The number of benzene rings is 1. The molecule has 0 aliphatic heterocycles. The molecular weight excluding hydrogens is 380 g/mol. The predicted molar refractivity (Wildman–Crippen MR) is 103 cm³/mol. The maximum Gasteiger partial charge on any atom is 0.251 e. The van der Waals surface area contributed by atoms with E-state index >= 15 is 0 Å². The van der Waals surface area contributed by atoms with Crippen LogP contribution >= 0.6 is 15.9 Å². The molecule has 1 N–H and O–H groups in total. The van der Waals surface area contributed by atoms with Crippen LogP contribution in [0.4, 0.5) is 0 Å². The van der Waals surface area contributed by atoms with Crippen LogP contribution in [0.5, 0.6) is 0 Å². The zero-order chi connectivity index (χ0) is 18.4. The molecule has 0 bridgehead atoms. The van der Waals surface area contributed by atoms with Gasteiger partial charge in [-0.25, -0.2) is 0 Å². The predicted octanol–water partition coefficient (Wildman–Crippen LogP) is 3.51. The summed E-state index contributed by atoms with van der Waals surface area (Å²) in [5.74, 6) is 2.56. The number of rotatable bonds is 6. The fraction of sp³-hybridized carbons (Fsp3) is 0.400. The molecule has 4 nitrogen and oxygen atoms in total. The Bertz CT molecular complexity index is 715. The lowest BCUT2D eigenvalue weighted by Crippen LogP contribution is -2.54. The number of halogens is 1. The lowest BCUT2D eigenvalue weighted by molar-refractivity contribution is -0.133. The number of hydrogen-bond acceptors (Lipinski definition) is 2. The maximum absolute atomic E-state index is 12.4. The number of hydrogen-bond donors (Lipinski definition) is 1. The van der Waals surface area contributed by atoms with Gasteiger partial charge in [-0.2, -0.15) is 0 Å². The summed E-state index contributed by atoms with van der Waals surface area (Å²) in [7, 11) is 1.84. The van der Waals surface area contributed by atoms with E-state index in [0.29, 0.717) is 17.5 Å². The van der Waals surface area contributed by atoms with Gasteiger partial charge in [0.25, 0.3) is 5.91 Å². The highest BCUT2D eigenvalue weighted by molar-refractivity contribution is 9.10. The largest absolute Gasteiger partial charge is 0.349 e. The monoisotopic (exact) mass is 402 g/mol. The summed E-state index contributed by atoms with van der Waals surface area (Å²) in [6.45, 7) is 1.95. The van der Waals surface area contributed by atoms with Crippen LogP contribution in [0.2, 0.25) is 0 Å². The average Bonchev–Trinajstić information content (AvgIpc) is 2.56. The summed E-state index contributed by atoms with van der Waals surface area (Å²) >= 11 is 3.37. The normalized spacial score (nSPS) is 19.1. The fourth-order valence-electron chi connectivity index (χ4n) is 2.85. The van der Waals surface area contributed by atoms with Gasteiger partial charge in [-0.1, -0.05) is 34.0 Å². The van der Waals surface area contributed by atoms with Crippen LogP contribution in [0.25, 0.3) is 0 Å². The van der Waals surface area contributed by atoms with Crippen molar-refractivity contribution in [1.82, 2.24) is 10.2 Å². The molecule has 0 heterocycles. The van der Waals surface area contributed by atoms with Gasteiger partial charge < -0.3 is 10.2 Å². The van der Waals surface area contributed by atoms with Gasteiger partial charge in [0.15, 0.2) is 0 Å². The summed E-state index contributed by atoms with van der Waals surface area (Å²) in [5, 5.41) is 3.01. The molecule has 1 aromatic rings. The highest BCUT2D eigenvalue weighted by atomic mass is 79.9. The highest BCUT2D eigenvalue weighted by Gasteiger charge is 2.34. The van der Waals surface area contributed by atoms with Gasteiger partial charge in [0.2, 0.25) is 5.91 Å². The molecular formula is C20H23BrN2O2. The van der Waals surface area contributed by atoms with Crippen LogP contribution in [-0.4, -0.2) is 35.8 Å². The SMILES string of the molecule is C#Cc1cc(Br)cc(C(=O)NC2CC(N(C)C(=O)CC/C=C/C)C2)c1. The zero-order valence-electron chi connectivity index (χ0n) is 14.6. The molecule has 0 radical (unpaired) electrons. The lowest BCUT2D eigenvalue weighted by atomic mass is 9.85. The van der Waals surface area contributed by atoms with E-state index in [1.165, 1.54) is 0 Å². The Labute approximate surface area is 157 Å². The van der Waals surface area contributed by atoms with Crippen LogP contribution in [0.1, 0.15) is 48.5 Å². The van der Waals surface area contributed by atoms with Gasteiger partial charge in [-0.15, -0.1) is 6.42 Å². The summed E-state index contributed by atoms with van der Waals surface area (Å²) < 4.78 is 0.783. The van der Waals surface area contributed by atoms with E-state index in [2.05, 4.69) is 27.2 Å². The van der Waals surface area contributed by atoms with Gasteiger partial charge in [-0.05, 0) is 44.4 Å². The number of carbonyl (C=O) groups excluding carboxylic acids is 2. The molecule has 0 spiro atoms. The Balaban J connectivity index is 1.83. The number of nitrogens with zero attached hydrogens (tertiary/aromatic N) is 1. The molecule has 1 aromatic carbocycles. The second-order valence-electron chi connectivity index (χ2n) is 6.28. The molecule has 0 aromatic heterocycles. The minimum absolute atomic E-state index is 0.0940.